The lowest BCUT2D eigenvalue weighted by molar-refractivity contribution is 0.193. The van der Waals surface area contributed by atoms with Crippen molar-refractivity contribution in [2.75, 3.05) is 25.0 Å². The van der Waals surface area contributed by atoms with Gasteiger partial charge in [0.25, 0.3) is 11.8 Å². The highest BCUT2D eigenvalue weighted by molar-refractivity contribution is 5.53. The maximum Gasteiger partial charge on any atom is 0.266 e. The van der Waals surface area contributed by atoms with Gasteiger partial charge in [0.1, 0.15) is 0 Å². The van der Waals surface area contributed by atoms with Crippen LogP contribution in [0.3, 0.4) is 0 Å². The predicted octanol–water partition coefficient (Wildman–Crippen LogP) is 0.896. The van der Waals surface area contributed by atoms with Gasteiger partial charge in [0.2, 0.25) is 0 Å². The highest BCUT2D eigenvalue weighted by atomic mass is 16.5. The van der Waals surface area contributed by atoms with Gasteiger partial charge in [0.15, 0.2) is 0 Å². The van der Waals surface area contributed by atoms with Crippen LogP contribution in [-0.2, 0) is 0 Å². The number of benzene rings is 1. The molecule has 2 N–H and O–H groups in total. The van der Waals surface area contributed by atoms with E-state index in [1.54, 1.807) is 0 Å². The summed E-state index contributed by atoms with van der Waals surface area (Å²) in [5.74, 6) is 1.08. The van der Waals surface area contributed by atoms with E-state index in [9.17, 15) is 5.11 Å². The van der Waals surface area contributed by atoms with Crippen LogP contribution < -0.4 is 10.2 Å². The van der Waals surface area contributed by atoms with Crippen molar-refractivity contribution >= 4 is 5.95 Å². The Bertz CT molecular complexity index is 557. The molecule has 1 aliphatic rings. The quantitative estimate of drug-likeness (QED) is 0.862. The van der Waals surface area contributed by atoms with E-state index in [-0.39, 0.29) is 12.1 Å². The molecule has 0 spiro atoms. The first-order chi connectivity index (χ1) is 9.72. The highest BCUT2D eigenvalue weighted by Crippen LogP contribution is 2.19. The summed E-state index contributed by atoms with van der Waals surface area (Å²) in [7, 11) is 1.92. The molecule has 0 aliphatic carbocycles. The molecular formula is C14H18N4O2. The van der Waals surface area contributed by atoms with E-state index in [2.05, 4.69) is 15.5 Å². The number of aliphatic hydroxyl groups excluding tert-OH is 1. The molecule has 1 aromatic heterocycles. The van der Waals surface area contributed by atoms with Crippen LogP contribution in [0.4, 0.5) is 5.95 Å². The Balaban J connectivity index is 1.67. The summed E-state index contributed by atoms with van der Waals surface area (Å²) in [6.07, 6.45) is 0.506. The Labute approximate surface area is 117 Å². The lowest BCUT2D eigenvalue weighted by Crippen LogP contribution is -2.35. The van der Waals surface area contributed by atoms with Crippen LogP contribution in [0.2, 0.25) is 0 Å². The number of anilines is 1. The van der Waals surface area contributed by atoms with E-state index in [0.29, 0.717) is 18.4 Å². The summed E-state index contributed by atoms with van der Waals surface area (Å²) in [6, 6.07) is 9.95. The summed E-state index contributed by atoms with van der Waals surface area (Å²) in [5.41, 5.74) is 0.911. The molecule has 0 bridgehead atoms. The number of aliphatic hydroxyl groups is 1. The summed E-state index contributed by atoms with van der Waals surface area (Å²) < 4.78 is 5.28. The van der Waals surface area contributed by atoms with Gasteiger partial charge in [0, 0.05) is 31.7 Å². The van der Waals surface area contributed by atoms with E-state index in [4.69, 9.17) is 4.52 Å². The van der Waals surface area contributed by atoms with E-state index >= 15 is 0 Å². The molecular weight excluding hydrogens is 256 g/mol. The molecule has 2 aromatic rings. The number of β-amino-alcohol motifs (C(OH)–C–C–N with tert-alkyl or cyclic N) is 1. The number of nitrogens with zero attached hydrogens (tertiary/aromatic N) is 3. The summed E-state index contributed by atoms with van der Waals surface area (Å²) >= 11 is 0. The first-order valence-corrected chi connectivity index (χ1v) is 6.74. The molecule has 6 nitrogen and oxygen atoms in total. The zero-order valence-corrected chi connectivity index (χ0v) is 11.4. The molecule has 1 aromatic carbocycles. The minimum atomic E-state index is -0.251. The fourth-order valence-corrected chi connectivity index (χ4v) is 2.42. The summed E-state index contributed by atoms with van der Waals surface area (Å²) in [5, 5.41) is 16.8. The van der Waals surface area contributed by atoms with Crippen molar-refractivity contribution in [2.45, 2.75) is 18.6 Å². The number of nitrogens with one attached hydrogen (secondary N) is 1. The third kappa shape index (κ3) is 2.81. The topological polar surface area (TPSA) is 74.4 Å². The average Bonchev–Trinajstić information content (AvgIpc) is 3.09. The van der Waals surface area contributed by atoms with Gasteiger partial charge in [0.05, 0.1) is 6.10 Å². The second kappa shape index (κ2) is 5.60. The maximum absolute atomic E-state index is 9.51. The third-order valence-corrected chi connectivity index (χ3v) is 3.47. The van der Waals surface area contributed by atoms with Crippen molar-refractivity contribution in [2.24, 2.45) is 0 Å². The Kier molecular flexibility index (Phi) is 3.66. The summed E-state index contributed by atoms with van der Waals surface area (Å²) in [6.45, 7) is 1.39. The number of hydrogen-bond acceptors (Lipinski definition) is 6. The van der Waals surface area contributed by atoms with Crippen LogP contribution in [0.15, 0.2) is 34.9 Å². The Morgan fingerprint density at radius 3 is 2.90 bits per heavy atom. The molecule has 1 aliphatic heterocycles. The molecule has 0 saturated carbocycles. The van der Waals surface area contributed by atoms with E-state index in [0.717, 1.165) is 18.5 Å². The van der Waals surface area contributed by atoms with Crippen molar-refractivity contribution in [3.05, 3.63) is 30.3 Å². The molecule has 0 unspecified atom stereocenters. The second-order valence-corrected chi connectivity index (χ2v) is 5.14. The fourth-order valence-electron chi connectivity index (χ4n) is 2.42. The molecule has 20 heavy (non-hydrogen) atoms. The molecule has 1 saturated heterocycles. The van der Waals surface area contributed by atoms with E-state index in [1.807, 2.05) is 42.3 Å². The first-order valence-electron chi connectivity index (χ1n) is 6.74. The fraction of sp³-hybridized carbons (Fsp3) is 0.429. The Morgan fingerprint density at radius 1 is 1.40 bits per heavy atom. The van der Waals surface area contributed by atoms with Crippen LogP contribution in [0.5, 0.6) is 0 Å². The Hall–Kier alpha value is -1.92. The van der Waals surface area contributed by atoms with E-state index < -0.39 is 0 Å². The lowest BCUT2D eigenvalue weighted by Gasteiger charge is -2.18. The van der Waals surface area contributed by atoms with Crippen LogP contribution in [0, 0.1) is 0 Å². The number of aromatic nitrogens is 2. The largest absolute Gasteiger partial charge is 0.392 e. The standard InChI is InChI=1S/C14H18N4O2/c1-18(9-11-7-12(19)8-15-11)14-16-13(20-17-14)10-5-3-2-4-6-10/h2-6,11-12,15,19H,7-9H2,1H3/t11-,12+/m0/s1. The van der Waals surface area contributed by atoms with Crippen LogP contribution in [0.25, 0.3) is 11.5 Å². The van der Waals surface area contributed by atoms with Crippen LogP contribution in [-0.4, -0.2) is 47.5 Å². The number of hydrogen-bond donors (Lipinski definition) is 2. The minimum Gasteiger partial charge on any atom is -0.392 e. The van der Waals surface area contributed by atoms with Gasteiger partial charge < -0.3 is 19.8 Å². The smallest absolute Gasteiger partial charge is 0.266 e. The normalized spacial score (nSPS) is 22.1. The number of likely N-dealkylation sites (N-methyl/N-ethyl adjacent to an activating group) is 1. The van der Waals surface area contributed by atoms with Gasteiger partial charge >= 0.3 is 0 Å². The minimum absolute atomic E-state index is 0.251. The summed E-state index contributed by atoms with van der Waals surface area (Å²) in [4.78, 5) is 6.34. The van der Waals surface area contributed by atoms with Gasteiger partial charge in [-0.05, 0) is 23.7 Å². The van der Waals surface area contributed by atoms with Crippen LogP contribution in [0.1, 0.15) is 6.42 Å². The lowest BCUT2D eigenvalue weighted by atomic mass is 10.2. The monoisotopic (exact) mass is 274 g/mol. The van der Waals surface area contributed by atoms with Crippen molar-refractivity contribution in [1.82, 2.24) is 15.5 Å². The van der Waals surface area contributed by atoms with Crippen molar-refractivity contribution in [1.29, 1.82) is 0 Å². The SMILES string of the molecule is CN(C[C@@H]1C[C@@H](O)CN1)c1noc(-c2ccccc2)n1. The molecule has 2 atom stereocenters. The molecule has 1 fully saturated rings. The Morgan fingerprint density at radius 2 is 2.20 bits per heavy atom. The molecule has 106 valence electrons. The van der Waals surface area contributed by atoms with Crippen molar-refractivity contribution in [3.8, 4) is 11.5 Å². The van der Waals surface area contributed by atoms with Crippen molar-refractivity contribution in [3.63, 3.8) is 0 Å². The van der Waals surface area contributed by atoms with Gasteiger partial charge in [-0.15, -0.1) is 0 Å². The zero-order chi connectivity index (χ0) is 13.9. The number of rotatable bonds is 4. The predicted molar refractivity (Wildman–Crippen MR) is 75.4 cm³/mol. The molecule has 0 radical (unpaired) electrons. The van der Waals surface area contributed by atoms with Gasteiger partial charge in [-0.25, -0.2) is 0 Å². The molecule has 0 amide bonds. The molecule has 6 heteroatoms. The van der Waals surface area contributed by atoms with Crippen LogP contribution >= 0.6 is 0 Å². The third-order valence-electron chi connectivity index (χ3n) is 3.47. The average molecular weight is 274 g/mol. The zero-order valence-electron chi connectivity index (χ0n) is 11.4. The maximum atomic E-state index is 9.51. The highest BCUT2D eigenvalue weighted by Gasteiger charge is 2.24. The molecule has 3 rings (SSSR count). The first kappa shape index (κ1) is 13.1. The molecule has 2 heterocycles. The van der Waals surface area contributed by atoms with Gasteiger partial charge in [-0.1, -0.05) is 18.2 Å². The van der Waals surface area contributed by atoms with Crippen molar-refractivity contribution < 1.29 is 9.63 Å². The van der Waals surface area contributed by atoms with E-state index in [1.165, 1.54) is 0 Å². The van der Waals surface area contributed by atoms with Gasteiger partial charge in [-0.3, -0.25) is 0 Å². The van der Waals surface area contributed by atoms with Gasteiger partial charge in [-0.2, -0.15) is 4.98 Å². The second-order valence-electron chi connectivity index (χ2n) is 5.14.